The Labute approximate surface area is 119 Å². The number of aliphatic carboxylic acids is 1. The molecular weight excluding hydrogens is 276 g/mol. The number of hydrogen-bond donors (Lipinski definition) is 1. The number of rotatable bonds is 4. The minimum Gasteiger partial charge on any atom is -0.478 e. The van der Waals surface area contributed by atoms with Crippen molar-refractivity contribution in [3.05, 3.63) is 52.5 Å². The summed E-state index contributed by atoms with van der Waals surface area (Å²) in [5.41, 5.74) is 1.22. The zero-order chi connectivity index (χ0) is 14.5. The second kappa shape index (κ2) is 6.12. The number of hydrogen-bond acceptors (Lipinski definition) is 4. The van der Waals surface area contributed by atoms with Gasteiger partial charge in [0.2, 0.25) is 0 Å². The molecule has 2 aromatic heterocycles. The van der Waals surface area contributed by atoms with E-state index < -0.39 is 5.97 Å². The molecule has 0 saturated carbocycles. The lowest BCUT2D eigenvalue weighted by Crippen LogP contribution is -2.25. The van der Waals surface area contributed by atoms with Gasteiger partial charge in [-0.15, -0.1) is 11.3 Å². The van der Waals surface area contributed by atoms with Gasteiger partial charge in [0.15, 0.2) is 0 Å². The maximum atomic E-state index is 12.3. The molecule has 2 aromatic rings. The van der Waals surface area contributed by atoms with E-state index in [1.165, 1.54) is 22.3 Å². The maximum Gasteiger partial charge on any atom is 0.328 e. The Morgan fingerprint density at radius 2 is 2.25 bits per heavy atom. The molecule has 0 aliphatic rings. The van der Waals surface area contributed by atoms with Gasteiger partial charge in [0, 0.05) is 29.6 Å². The van der Waals surface area contributed by atoms with Crippen LogP contribution in [0.1, 0.15) is 15.2 Å². The van der Waals surface area contributed by atoms with Crippen molar-refractivity contribution in [1.29, 1.82) is 0 Å². The van der Waals surface area contributed by atoms with Crippen LogP contribution in [0.15, 0.2) is 42.0 Å². The van der Waals surface area contributed by atoms with E-state index in [4.69, 9.17) is 5.11 Å². The second-order valence-corrected chi connectivity index (χ2v) is 4.93. The predicted octanol–water partition coefficient (Wildman–Crippen LogP) is 2.52. The molecule has 0 aromatic carbocycles. The van der Waals surface area contributed by atoms with Gasteiger partial charge in [-0.1, -0.05) is 0 Å². The SMILES string of the molecule is CN(C(=O)c1csc(C=CC(=O)O)c1)c1cccnc1. The average molecular weight is 288 g/mol. The minimum absolute atomic E-state index is 0.163. The van der Waals surface area contributed by atoms with E-state index in [-0.39, 0.29) is 5.91 Å². The van der Waals surface area contributed by atoms with Gasteiger partial charge in [-0.3, -0.25) is 9.78 Å². The molecule has 102 valence electrons. The number of carbonyl (C=O) groups excluding carboxylic acids is 1. The topological polar surface area (TPSA) is 70.5 Å². The predicted molar refractivity (Wildman–Crippen MR) is 78.0 cm³/mol. The quantitative estimate of drug-likeness (QED) is 0.878. The molecule has 0 unspecified atom stereocenters. The number of nitrogens with zero attached hydrogens (tertiary/aromatic N) is 2. The van der Waals surface area contributed by atoms with Crippen molar-refractivity contribution >= 4 is 35.0 Å². The van der Waals surface area contributed by atoms with Crippen molar-refractivity contribution in [1.82, 2.24) is 4.98 Å². The Morgan fingerprint density at radius 3 is 2.90 bits per heavy atom. The fourth-order valence-corrected chi connectivity index (χ4v) is 2.34. The zero-order valence-electron chi connectivity index (χ0n) is 10.7. The van der Waals surface area contributed by atoms with E-state index in [0.717, 1.165) is 11.0 Å². The van der Waals surface area contributed by atoms with Crippen molar-refractivity contribution in [2.45, 2.75) is 0 Å². The number of aromatic nitrogens is 1. The van der Waals surface area contributed by atoms with Crippen molar-refractivity contribution < 1.29 is 14.7 Å². The van der Waals surface area contributed by atoms with Gasteiger partial charge in [0.1, 0.15) is 0 Å². The molecule has 0 spiro atoms. The highest BCUT2D eigenvalue weighted by atomic mass is 32.1. The summed E-state index contributed by atoms with van der Waals surface area (Å²) in [6.45, 7) is 0. The van der Waals surface area contributed by atoms with Crippen LogP contribution in [-0.4, -0.2) is 29.0 Å². The molecule has 5 nitrogen and oxygen atoms in total. The molecule has 0 bridgehead atoms. The standard InChI is InChI=1S/C14H12N2O3S/c1-16(11-3-2-6-15-8-11)14(19)10-7-12(20-9-10)4-5-13(17)18/h2-9H,1H3,(H,17,18). The maximum absolute atomic E-state index is 12.3. The summed E-state index contributed by atoms with van der Waals surface area (Å²) < 4.78 is 0. The van der Waals surface area contributed by atoms with Gasteiger partial charge >= 0.3 is 5.97 Å². The summed E-state index contributed by atoms with van der Waals surface area (Å²) >= 11 is 1.32. The van der Waals surface area contributed by atoms with Crippen molar-refractivity contribution in [2.75, 3.05) is 11.9 Å². The third-order valence-corrected chi connectivity index (χ3v) is 3.49. The van der Waals surface area contributed by atoms with Crippen LogP contribution in [0.25, 0.3) is 6.08 Å². The lowest BCUT2D eigenvalue weighted by molar-refractivity contribution is -0.131. The monoisotopic (exact) mass is 288 g/mol. The van der Waals surface area contributed by atoms with E-state index in [0.29, 0.717) is 11.3 Å². The van der Waals surface area contributed by atoms with Crippen LogP contribution in [0, 0.1) is 0 Å². The van der Waals surface area contributed by atoms with E-state index >= 15 is 0 Å². The van der Waals surface area contributed by atoms with E-state index in [1.54, 1.807) is 43.0 Å². The highest BCUT2D eigenvalue weighted by Gasteiger charge is 2.14. The number of anilines is 1. The number of thiophene rings is 1. The largest absolute Gasteiger partial charge is 0.478 e. The highest BCUT2D eigenvalue weighted by Crippen LogP contribution is 2.20. The molecule has 0 aliphatic heterocycles. The molecule has 2 heterocycles. The van der Waals surface area contributed by atoms with Gasteiger partial charge in [-0.25, -0.2) is 4.79 Å². The van der Waals surface area contributed by atoms with Crippen LogP contribution in [0.2, 0.25) is 0 Å². The summed E-state index contributed by atoms with van der Waals surface area (Å²) in [5, 5.41) is 10.3. The first-order valence-electron chi connectivity index (χ1n) is 5.75. The van der Waals surface area contributed by atoms with Crippen LogP contribution < -0.4 is 4.90 Å². The lowest BCUT2D eigenvalue weighted by Gasteiger charge is -2.15. The van der Waals surface area contributed by atoms with E-state index in [2.05, 4.69) is 4.98 Å². The average Bonchev–Trinajstić information content (AvgIpc) is 2.93. The van der Waals surface area contributed by atoms with E-state index in [9.17, 15) is 9.59 Å². The van der Waals surface area contributed by atoms with Crippen LogP contribution >= 0.6 is 11.3 Å². The fourth-order valence-electron chi connectivity index (χ4n) is 1.57. The van der Waals surface area contributed by atoms with Crippen LogP contribution in [0.3, 0.4) is 0 Å². The Hall–Kier alpha value is -2.47. The normalized spacial score (nSPS) is 10.7. The Kier molecular flexibility index (Phi) is 4.27. The van der Waals surface area contributed by atoms with Crippen molar-refractivity contribution in [3.8, 4) is 0 Å². The molecule has 0 fully saturated rings. The molecule has 0 radical (unpaired) electrons. The minimum atomic E-state index is -1.02. The molecule has 6 heteroatoms. The molecule has 2 rings (SSSR count). The van der Waals surface area contributed by atoms with Gasteiger partial charge in [-0.05, 0) is 24.3 Å². The summed E-state index contributed by atoms with van der Waals surface area (Å²) in [6.07, 6.45) is 5.76. The molecule has 0 atom stereocenters. The number of amides is 1. The number of carboxylic acid groups (broad SMARTS) is 1. The molecule has 0 saturated heterocycles. The second-order valence-electron chi connectivity index (χ2n) is 3.98. The Morgan fingerprint density at radius 1 is 1.45 bits per heavy atom. The van der Waals surface area contributed by atoms with Gasteiger partial charge in [0.05, 0.1) is 17.4 Å². The van der Waals surface area contributed by atoms with Crippen molar-refractivity contribution in [2.24, 2.45) is 0 Å². The van der Waals surface area contributed by atoms with Crippen LogP contribution in [-0.2, 0) is 4.79 Å². The first kappa shape index (κ1) is 14.0. The van der Waals surface area contributed by atoms with E-state index in [1.807, 2.05) is 0 Å². The Balaban J connectivity index is 2.16. The van der Waals surface area contributed by atoms with Crippen LogP contribution in [0.5, 0.6) is 0 Å². The zero-order valence-corrected chi connectivity index (χ0v) is 11.5. The molecule has 1 amide bonds. The molecule has 1 N–H and O–H groups in total. The number of carboxylic acids is 1. The number of carbonyl (C=O) groups is 2. The summed E-state index contributed by atoms with van der Waals surface area (Å²) in [7, 11) is 1.67. The fraction of sp³-hybridized carbons (Fsp3) is 0.0714. The van der Waals surface area contributed by atoms with Gasteiger partial charge < -0.3 is 10.0 Å². The number of pyridine rings is 1. The molecule has 0 aliphatic carbocycles. The first-order valence-corrected chi connectivity index (χ1v) is 6.63. The van der Waals surface area contributed by atoms with Crippen LogP contribution in [0.4, 0.5) is 5.69 Å². The smallest absolute Gasteiger partial charge is 0.328 e. The summed E-state index contributed by atoms with van der Waals surface area (Å²) in [6, 6.07) is 5.22. The summed E-state index contributed by atoms with van der Waals surface area (Å²) in [5.74, 6) is -1.18. The van der Waals surface area contributed by atoms with Gasteiger partial charge in [-0.2, -0.15) is 0 Å². The molecular formula is C14H12N2O3S. The first-order chi connectivity index (χ1) is 9.58. The van der Waals surface area contributed by atoms with Gasteiger partial charge in [0.25, 0.3) is 5.91 Å². The summed E-state index contributed by atoms with van der Waals surface area (Å²) in [4.78, 5) is 28.9. The highest BCUT2D eigenvalue weighted by molar-refractivity contribution is 7.11. The third kappa shape index (κ3) is 3.30. The third-order valence-electron chi connectivity index (χ3n) is 2.59. The lowest BCUT2D eigenvalue weighted by atomic mass is 10.2. The molecule has 20 heavy (non-hydrogen) atoms. The van der Waals surface area contributed by atoms with Crippen molar-refractivity contribution in [3.63, 3.8) is 0 Å². The Bertz CT molecular complexity index is 649.